The van der Waals surface area contributed by atoms with Crippen LogP contribution >= 0.6 is 0 Å². The van der Waals surface area contributed by atoms with Crippen LogP contribution in [0.5, 0.6) is 0 Å². The highest BCUT2D eigenvalue weighted by Gasteiger charge is 2.28. The van der Waals surface area contributed by atoms with E-state index in [0.29, 0.717) is 12.1 Å². The van der Waals surface area contributed by atoms with E-state index in [0.717, 1.165) is 37.4 Å². The number of aryl methyl sites for hydroxylation is 1. The first kappa shape index (κ1) is 17.6. The predicted octanol–water partition coefficient (Wildman–Crippen LogP) is 2.48. The van der Waals surface area contributed by atoms with Crippen LogP contribution in [0.1, 0.15) is 30.1 Å². The molecule has 2 aromatic heterocycles. The molecule has 7 heteroatoms. The topological polar surface area (TPSA) is 56.0 Å². The number of hydrogen-bond acceptors (Lipinski definition) is 4. The lowest BCUT2D eigenvalue weighted by Gasteiger charge is -2.32. The summed E-state index contributed by atoms with van der Waals surface area (Å²) in [6.07, 6.45) is 4.81. The fourth-order valence-electron chi connectivity index (χ4n) is 3.75. The Morgan fingerprint density at radius 1 is 1.22 bits per heavy atom. The van der Waals surface area contributed by atoms with Crippen LogP contribution in [0, 0.1) is 5.82 Å². The lowest BCUT2D eigenvalue weighted by Crippen LogP contribution is -2.35. The highest BCUT2D eigenvalue weighted by Crippen LogP contribution is 2.27. The minimum atomic E-state index is -0.279. The number of nitrogens with zero attached hydrogens (tertiary/aromatic N) is 5. The van der Waals surface area contributed by atoms with Gasteiger partial charge in [-0.05, 0) is 37.6 Å². The number of piperidine rings is 1. The van der Waals surface area contributed by atoms with Crippen LogP contribution in [0.3, 0.4) is 0 Å². The molecule has 1 fully saturated rings. The van der Waals surface area contributed by atoms with Gasteiger partial charge in [0.2, 0.25) is 0 Å². The molecule has 27 heavy (non-hydrogen) atoms. The highest BCUT2D eigenvalue weighted by atomic mass is 19.1. The van der Waals surface area contributed by atoms with Crippen molar-refractivity contribution >= 4 is 0 Å². The van der Waals surface area contributed by atoms with E-state index in [1.54, 1.807) is 23.9 Å². The third-order valence-corrected chi connectivity index (χ3v) is 5.09. The zero-order valence-corrected chi connectivity index (χ0v) is 15.3. The lowest BCUT2D eigenvalue weighted by molar-refractivity contribution is 0.193. The Balaban J connectivity index is 1.62. The van der Waals surface area contributed by atoms with Crippen LogP contribution < -0.4 is 5.69 Å². The van der Waals surface area contributed by atoms with Crippen molar-refractivity contribution in [1.82, 2.24) is 24.2 Å². The van der Waals surface area contributed by atoms with Gasteiger partial charge in [0.15, 0.2) is 0 Å². The molecule has 0 bridgehead atoms. The monoisotopic (exact) mass is 367 g/mol. The van der Waals surface area contributed by atoms with E-state index >= 15 is 0 Å². The third-order valence-electron chi connectivity index (χ3n) is 5.09. The maximum absolute atomic E-state index is 14.0. The van der Waals surface area contributed by atoms with Crippen molar-refractivity contribution in [1.29, 1.82) is 0 Å². The molecule has 0 saturated carbocycles. The van der Waals surface area contributed by atoms with Gasteiger partial charge in [0.05, 0.1) is 11.9 Å². The number of halogens is 1. The molecular weight excluding hydrogens is 345 g/mol. The van der Waals surface area contributed by atoms with E-state index in [9.17, 15) is 9.18 Å². The Hall–Kier alpha value is -2.80. The average Bonchev–Trinajstić information content (AvgIpc) is 2.99. The van der Waals surface area contributed by atoms with E-state index in [4.69, 9.17) is 0 Å². The van der Waals surface area contributed by atoms with Gasteiger partial charge in [-0.2, -0.15) is 5.10 Å². The van der Waals surface area contributed by atoms with Crippen LogP contribution in [0.15, 0.2) is 53.6 Å². The number of aromatic nitrogens is 4. The Bertz CT molecular complexity index is 982. The van der Waals surface area contributed by atoms with E-state index < -0.39 is 0 Å². The first-order valence-electron chi connectivity index (χ1n) is 9.15. The summed E-state index contributed by atoms with van der Waals surface area (Å²) < 4.78 is 17.0. The van der Waals surface area contributed by atoms with Gasteiger partial charge in [0, 0.05) is 37.8 Å². The second kappa shape index (κ2) is 7.44. The molecule has 1 aliphatic heterocycles. The summed E-state index contributed by atoms with van der Waals surface area (Å²) in [5, 5.41) is 4.53. The van der Waals surface area contributed by atoms with Gasteiger partial charge >= 0.3 is 5.69 Å². The molecule has 3 heterocycles. The van der Waals surface area contributed by atoms with Crippen LogP contribution in [-0.2, 0) is 13.6 Å². The number of para-hydroxylation sites is 1. The summed E-state index contributed by atoms with van der Waals surface area (Å²) in [5.41, 5.74) is 1.32. The van der Waals surface area contributed by atoms with Gasteiger partial charge < -0.3 is 0 Å². The van der Waals surface area contributed by atoms with Gasteiger partial charge in [-0.25, -0.2) is 18.4 Å². The summed E-state index contributed by atoms with van der Waals surface area (Å²) in [5.74, 6) is 0.616. The SMILES string of the molecule is Cn1nc(C2CCCN(Cc3ccncc3F)C2)n(-c2ccccc2)c1=O. The molecular formula is C20H22FN5O. The molecule has 0 amide bonds. The Morgan fingerprint density at radius 3 is 2.81 bits per heavy atom. The van der Waals surface area contributed by atoms with Crippen LogP contribution in [-0.4, -0.2) is 37.3 Å². The third kappa shape index (κ3) is 3.55. The molecule has 0 aliphatic carbocycles. The normalized spacial score (nSPS) is 17.9. The van der Waals surface area contributed by atoms with Crippen molar-refractivity contribution < 1.29 is 4.39 Å². The van der Waals surface area contributed by atoms with Crippen molar-refractivity contribution in [2.75, 3.05) is 13.1 Å². The first-order valence-corrected chi connectivity index (χ1v) is 9.15. The molecule has 3 aromatic rings. The number of likely N-dealkylation sites (tertiary alicyclic amines) is 1. The van der Waals surface area contributed by atoms with Gasteiger partial charge in [-0.15, -0.1) is 0 Å². The van der Waals surface area contributed by atoms with Crippen molar-refractivity contribution in [2.45, 2.75) is 25.3 Å². The average molecular weight is 367 g/mol. The molecule has 140 valence electrons. The number of pyridine rings is 1. The molecule has 0 spiro atoms. The minimum Gasteiger partial charge on any atom is -0.298 e. The first-order chi connectivity index (χ1) is 13.1. The fraction of sp³-hybridized carbons (Fsp3) is 0.350. The van der Waals surface area contributed by atoms with Crippen LogP contribution in [0.4, 0.5) is 4.39 Å². The van der Waals surface area contributed by atoms with Crippen molar-refractivity contribution in [2.24, 2.45) is 7.05 Å². The highest BCUT2D eigenvalue weighted by molar-refractivity contribution is 5.33. The van der Waals surface area contributed by atoms with Crippen molar-refractivity contribution in [3.63, 3.8) is 0 Å². The fourth-order valence-corrected chi connectivity index (χ4v) is 3.75. The molecule has 6 nitrogen and oxygen atoms in total. The quantitative estimate of drug-likeness (QED) is 0.711. The number of rotatable bonds is 4. The Morgan fingerprint density at radius 2 is 2.04 bits per heavy atom. The zero-order valence-electron chi connectivity index (χ0n) is 15.3. The van der Waals surface area contributed by atoms with E-state index in [1.165, 1.54) is 10.9 Å². The summed E-state index contributed by atoms with van der Waals surface area (Å²) in [6, 6.07) is 11.3. The van der Waals surface area contributed by atoms with Crippen molar-refractivity contribution in [3.8, 4) is 5.69 Å². The van der Waals surface area contributed by atoms with Gasteiger partial charge in [-0.3, -0.25) is 9.88 Å². The number of benzene rings is 1. The molecule has 1 saturated heterocycles. The maximum atomic E-state index is 14.0. The molecule has 1 atom stereocenters. The Labute approximate surface area is 156 Å². The summed E-state index contributed by atoms with van der Waals surface area (Å²) in [4.78, 5) is 18.7. The van der Waals surface area contributed by atoms with E-state index in [1.807, 2.05) is 30.3 Å². The number of hydrogen-bond donors (Lipinski definition) is 0. The Kier molecular flexibility index (Phi) is 4.85. The molecule has 1 unspecified atom stereocenters. The zero-order chi connectivity index (χ0) is 18.8. The smallest absolute Gasteiger partial charge is 0.298 e. The standard InChI is InChI=1S/C20H22FN5O/c1-24-20(27)26(17-7-3-2-4-8-17)19(23-24)16-6-5-11-25(14-16)13-15-9-10-22-12-18(15)21/h2-4,7-10,12,16H,5-6,11,13-14H2,1H3. The molecule has 0 radical (unpaired) electrons. The van der Waals surface area contributed by atoms with E-state index in [-0.39, 0.29) is 17.4 Å². The van der Waals surface area contributed by atoms with Gasteiger partial charge in [-0.1, -0.05) is 18.2 Å². The molecule has 1 aliphatic rings. The predicted molar refractivity (Wildman–Crippen MR) is 100 cm³/mol. The summed E-state index contributed by atoms with van der Waals surface area (Å²) in [6.45, 7) is 2.18. The lowest BCUT2D eigenvalue weighted by atomic mass is 9.96. The molecule has 1 aromatic carbocycles. The van der Waals surface area contributed by atoms with Gasteiger partial charge in [0.25, 0.3) is 0 Å². The summed E-state index contributed by atoms with van der Waals surface area (Å²) in [7, 11) is 1.68. The van der Waals surface area contributed by atoms with Gasteiger partial charge in [0.1, 0.15) is 11.6 Å². The van der Waals surface area contributed by atoms with Crippen LogP contribution in [0.25, 0.3) is 5.69 Å². The van der Waals surface area contributed by atoms with Crippen LogP contribution in [0.2, 0.25) is 0 Å². The summed E-state index contributed by atoms with van der Waals surface area (Å²) >= 11 is 0. The molecule has 4 rings (SSSR count). The van der Waals surface area contributed by atoms with E-state index in [2.05, 4.69) is 15.0 Å². The second-order valence-electron chi connectivity index (χ2n) is 6.98. The largest absolute Gasteiger partial charge is 0.350 e. The molecule has 0 N–H and O–H groups in total. The minimum absolute atomic E-state index is 0.123. The maximum Gasteiger partial charge on any atom is 0.350 e. The van der Waals surface area contributed by atoms with Crippen molar-refractivity contribution in [3.05, 3.63) is 76.5 Å². The second-order valence-corrected chi connectivity index (χ2v) is 6.98.